The lowest BCUT2D eigenvalue weighted by Gasteiger charge is -2.38. The summed E-state index contributed by atoms with van der Waals surface area (Å²) >= 11 is 0. The van der Waals surface area contributed by atoms with Gasteiger partial charge in [0.1, 0.15) is 11.3 Å². The Hall–Kier alpha value is -2.64. The molecule has 2 aromatic rings. The minimum absolute atomic E-state index is 0.0506. The van der Waals surface area contributed by atoms with E-state index in [0.717, 1.165) is 21.9 Å². The monoisotopic (exact) mass is 466 g/mol. The summed E-state index contributed by atoms with van der Waals surface area (Å²) in [5, 5.41) is 11.3. The second-order valence-corrected chi connectivity index (χ2v) is 15.5. The van der Waals surface area contributed by atoms with Crippen LogP contribution in [0.25, 0.3) is 0 Å². The highest BCUT2D eigenvalue weighted by Gasteiger charge is 2.62. The normalized spacial score (nSPS) is 23.6. The van der Waals surface area contributed by atoms with Crippen molar-refractivity contribution in [2.24, 2.45) is 0 Å². The maximum Gasteiger partial charge on any atom is 0.272 e. The van der Waals surface area contributed by atoms with Gasteiger partial charge in [0.25, 0.3) is 5.91 Å². The van der Waals surface area contributed by atoms with Crippen molar-refractivity contribution in [1.29, 1.82) is 0 Å². The Bertz CT molecular complexity index is 1030. The van der Waals surface area contributed by atoms with Crippen LogP contribution in [0.3, 0.4) is 0 Å². The molecule has 1 N–H and O–H groups in total. The fraction of sp³-hybridized carbons (Fsp3) is 0.462. The van der Waals surface area contributed by atoms with Crippen LogP contribution < -0.4 is 4.43 Å². The SMILES string of the molecule is CC(C)(C)[Si](C)(C)Oc1ccc([C@@H]2CN(O)C(=O)[C@@]23CCC(=O)N3Cc2ccccc2)cc1. The summed E-state index contributed by atoms with van der Waals surface area (Å²) < 4.78 is 6.41. The third-order valence-electron chi connectivity index (χ3n) is 7.68. The van der Waals surface area contributed by atoms with Gasteiger partial charge in [-0.25, -0.2) is 5.06 Å². The number of rotatable bonds is 5. The number of hydroxylamine groups is 2. The van der Waals surface area contributed by atoms with E-state index in [9.17, 15) is 14.8 Å². The molecule has 2 fully saturated rings. The van der Waals surface area contributed by atoms with Crippen molar-refractivity contribution in [2.45, 2.75) is 69.7 Å². The van der Waals surface area contributed by atoms with Gasteiger partial charge in [-0.1, -0.05) is 63.2 Å². The van der Waals surface area contributed by atoms with Crippen LogP contribution in [0, 0.1) is 0 Å². The molecule has 2 atom stereocenters. The zero-order valence-electron chi connectivity index (χ0n) is 20.2. The van der Waals surface area contributed by atoms with E-state index in [4.69, 9.17) is 4.43 Å². The lowest BCUT2D eigenvalue weighted by molar-refractivity contribution is -0.166. The zero-order valence-corrected chi connectivity index (χ0v) is 21.2. The number of hydrogen-bond donors (Lipinski definition) is 1. The second kappa shape index (κ2) is 8.29. The number of carbonyl (C=O) groups excluding carboxylic acids is 2. The van der Waals surface area contributed by atoms with Gasteiger partial charge in [0, 0.05) is 18.9 Å². The molecule has 4 rings (SSSR count). The Morgan fingerprint density at radius 1 is 1.06 bits per heavy atom. The second-order valence-electron chi connectivity index (χ2n) is 10.8. The highest BCUT2D eigenvalue weighted by atomic mass is 28.4. The molecule has 2 aromatic carbocycles. The van der Waals surface area contributed by atoms with E-state index in [-0.39, 0.29) is 23.4 Å². The van der Waals surface area contributed by atoms with Crippen LogP contribution in [0.1, 0.15) is 50.7 Å². The average Bonchev–Trinajstić information content (AvgIpc) is 3.21. The number of likely N-dealkylation sites (tertiary alicyclic amines) is 1. The molecular formula is C26H34N2O4Si. The smallest absolute Gasteiger partial charge is 0.272 e. The third kappa shape index (κ3) is 4.08. The highest BCUT2D eigenvalue weighted by Crippen LogP contribution is 2.48. The predicted octanol–water partition coefficient (Wildman–Crippen LogP) is 4.95. The van der Waals surface area contributed by atoms with Crippen molar-refractivity contribution in [3.05, 3.63) is 65.7 Å². The Kier molecular flexibility index (Phi) is 5.91. The highest BCUT2D eigenvalue weighted by molar-refractivity contribution is 6.74. The molecular weight excluding hydrogens is 432 g/mol. The van der Waals surface area contributed by atoms with E-state index in [2.05, 4.69) is 33.9 Å². The molecule has 0 saturated carbocycles. The van der Waals surface area contributed by atoms with Gasteiger partial charge in [-0.2, -0.15) is 0 Å². The van der Waals surface area contributed by atoms with E-state index < -0.39 is 19.8 Å². The molecule has 2 aliphatic rings. The van der Waals surface area contributed by atoms with Crippen molar-refractivity contribution in [3.63, 3.8) is 0 Å². The molecule has 33 heavy (non-hydrogen) atoms. The lowest BCUT2D eigenvalue weighted by atomic mass is 9.79. The van der Waals surface area contributed by atoms with Gasteiger partial charge < -0.3 is 9.33 Å². The first-order valence-electron chi connectivity index (χ1n) is 11.6. The molecule has 1 spiro atoms. The van der Waals surface area contributed by atoms with Gasteiger partial charge in [-0.15, -0.1) is 0 Å². The van der Waals surface area contributed by atoms with Crippen LogP contribution in [0.15, 0.2) is 54.6 Å². The summed E-state index contributed by atoms with van der Waals surface area (Å²) in [6, 6.07) is 17.5. The van der Waals surface area contributed by atoms with E-state index in [0.29, 0.717) is 19.4 Å². The molecule has 2 saturated heterocycles. The van der Waals surface area contributed by atoms with Gasteiger partial charge in [0.05, 0.1) is 6.54 Å². The zero-order chi connectivity index (χ0) is 24.0. The van der Waals surface area contributed by atoms with Crippen LogP contribution in [0.2, 0.25) is 18.1 Å². The van der Waals surface area contributed by atoms with Crippen molar-refractivity contribution in [2.75, 3.05) is 6.54 Å². The summed E-state index contributed by atoms with van der Waals surface area (Å²) in [4.78, 5) is 27.9. The van der Waals surface area contributed by atoms with Crippen LogP contribution in [-0.4, -0.2) is 47.4 Å². The maximum absolute atomic E-state index is 13.3. The first-order valence-corrected chi connectivity index (χ1v) is 14.5. The summed E-state index contributed by atoms with van der Waals surface area (Å²) in [6.07, 6.45) is 0.705. The maximum atomic E-state index is 13.3. The molecule has 2 aliphatic heterocycles. The molecule has 0 unspecified atom stereocenters. The molecule has 0 radical (unpaired) electrons. The first-order chi connectivity index (χ1) is 15.5. The quantitative estimate of drug-likeness (QED) is 0.500. The minimum Gasteiger partial charge on any atom is -0.544 e. The van der Waals surface area contributed by atoms with Gasteiger partial charge >= 0.3 is 0 Å². The van der Waals surface area contributed by atoms with Crippen LogP contribution in [0.5, 0.6) is 5.75 Å². The molecule has 0 aromatic heterocycles. The number of hydrogen-bond acceptors (Lipinski definition) is 4. The fourth-order valence-electron chi connectivity index (χ4n) is 4.75. The lowest BCUT2D eigenvalue weighted by Crippen LogP contribution is -2.53. The summed E-state index contributed by atoms with van der Waals surface area (Å²) in [7, 11) is -1.97. The number of benzene rings is 2. The van der Waals surface area contributed by atoms with Crippen LogP contribution >= 0.6 is 0 Å². The third-order valence-corrected chi connectivity index (χ3v) is 12.0. The summed E-state index contributed by atoms with van der Waals surface area (Å²) in [5.74, 6) is 0.0570. The predicted molar refractivity (Wildman–Crippen MR) is 129 cm³/mol. The number of nitrogens with zero attached hydrogens (tertiary/aromatic N) is 2. The molecule has 7 heteroatoms. The molecule has 0 aliphatic carbocycles. The Balaban J connectivity index is 1.65. The van der Waals surface area contributed by atoms with Gasteiger partial charge in [0.2, 0.25) is 14.2 Å². The van der Waals surface area contributed by atoms with Crippen molar-refractivity contribution >= 4 is 20.1 Å². The standard InChI is InChI=1S/C26H34N2O4Si/c1-25(2,3)33(4,5)32-21-13-11-20(12-14-21)22-18-28(31)24(30)26(22)16-15-23(29)27(26)17-19-9-7-6-8-10-19/h6-14,22,31H,15-18H2,1-5H3/t22-,26+/m0/s1. The van der Waals surface area contributed by atoms with E-state index in [1.165, 1.54) is 0 Å². The first kappa shape index (κ1) is 23.5. The minimum atomic E-state index is -1.97. The van der Waals surface area contributed by atoms with Crippen molar-refractivity contribution in [3.8, 4) is 5.75 Å². The topological polar surface area (TPSA) is 70.1 Å². The summed E-state index contributed by atoms with van der Waals surface area (Å²) in [5.41, 5.74) is 0.826. The molecule has 2 heterocycles. The number of amides is 2. The molecule has 6 nitrogen and oxygen atoms in total. The van der Waals surface area contributed by atoms with Gasteiger partial charge in [0.15, 0.2) is 0 Å². The van der Waals surface area contributed by atoms with E-state index in [1.807, 2.05) is 54.6 Å². The van der Waals surface area contributed by atoms with Crippen molar-refractivity contribution in [1.82, 2.24) is 9.96 Å². The van der Waals surface area contributed by atoms with Crippen molar-refractivity contribution < 1.29 is 19.2 Å². The largest absolute Gasteiger partial charge is 0.544 e. The molecule has 2 amide bonds. The van der Waals surface area contributed by atoms with E-state index >= 15 is 0 Å². The van der Waals surface area contributed by atoms with E-state index in [1.54, 1.807) is 4.90 Å². The molecule has 0 bridgehead atoms. The van der Waals surface area contributed by atoms with Crippen LogP contribution in [-0.2, 0) is 16.1 Å². The Morgan fingerprint density at radius 3 is 2.30 bits per heavy atom. The van der Waals surface area contributed by atoms with Crippen LogP contribution in [0.4, 0.5) is 0 Å². The Labute approximate surface area is 197 Å². The summed E-state index contributed by atoms with van der Waals surface area (Å²) in [6.45, 7) is 11.5. The average molecular weight is 467 g/mol. The van der Waals surface area contributed by atoms with Gasteiger partial charge in [-0.05, 0) is 47.8 Å². The Morgan fingerprint density at radius 2 is 1.70 bits per heavy atom. The fourth-order valence-corrected chi connectivity index (χ4v) is 5.78. The molecule has 176 valence electrons. The van der Waals surface area contributed by atoms with Gasteiger partial charge in [-0.3, -0.25) is 14.8 Å². The number of carbonyl (C=O) groups is 2.